The highest BCUT2D eigenvalue weighted by molar-refractivity contribution is 6.04. The minimum absolute atomic E-state index is 0.157. The second-order valence-electron chi connectivity index (χ2n) is 5.07. The van der Waals surface area contributed by atoms with Crippen LogP contribution >= 0.6 is 0 Å². The molecular formula is C16H14N4O5. The highest BCUT2D eigenvalue weighted by atomic mass is 16.6. The summed E-state index contributed by atoms with van der Waals surface area (Å²) in [5, 5.41) is 13.4. The zero-order chi connectivity index (χ0) is 18.0. The number of rotatable bonds is 5. The van der Waals surface area contributed by atoms with Crippen molar-refractivity contribution < 1.29 is 19.2 Å². The maximum atomic E-state index is 12.3. The molecule has 0 bridgehead atoms. The van der Waals surface area contributed by atoms with Gasteiger partial charge in [-0.25, -0.2) is 4.98 Å². The van der Waals surface area contributed by atoms with E-state index in [1.807, 2.05) is 0 Å². The van der Waals surface area contributed by atoms with Crippen LogP contribution in [-0.4, -0.2) is 35.0 Å². The van der Waals surface area contributed by atoms with Crippen molar-refractivity contribution in [3.8, 4) is 11.5 Å². The Balaban J connectivity index is 1.88. The molecule has 25 heavy (non-hydrogen) atoms. The van der Waals surface area contributed by atoms with Crippen LogP contribution in [0.25, 0.3) is 11.0 Å². The number of imidazole rings is 1. The fourth-order valence-electron chi connectivity index (χ4n) is 2.34. The van der Waals surface area contributed by atoms with Gasteiger partial charge < -0.3 is 14.5 Å². The molecule has 1 aromatic heterocycles. The fraction of sp³-hybridized carbons (Fsp3) is 0.125. The lowest BCUT2D eigenvalue weighted by molar-refractivity contribution is -0.384. The van der Waals surface area contributed by atoms with E-state index in [-0.39, 0.29) is 17.2 Å². The van der Waals surface area contributed by atoms with Gasteiger partial charge in [0.15, 0.2) is 11.5 Å². The summed E-state index contributed by atoms with van der Waals surface area (Å²) < 4.78 is 10.4. The number of nitrogens with zero attached hydrogens (tertiary/aromatic N) is 2. The standard InChI is InChI=1S/C16H14N4O5/c1-24-13-7-11-12(8-14(13)25-2)18-16(17-11)19-15(21)9-4-3-5-10(6-9)20(22)23/h3-8H,1-2H3,(H2,17,18,19,21). The van der Waals surface area contributed by atoms with Gasteiger partial charge in [-0.05, 0) is 6.07 Å². The van der Waals surface area contributed by atoms with Crippen molar-refractivity contribution in [2.45, 2.75) is 0 Å². The van der Waals surface area contributed by atoms with E-state index < -0.39 is 10.8 Å². The molecule has 9 heteroatoms. The summed E-state index contributed by atoms with van der Waals surface area (Å²) in [6.45, 7) is 0. The van der Waals surface area contributed by atoms with E-state index in [0.29, 0.717) is 22.5 Å². The topological polar surface area (TPSA) is 119 Å². The number of nitro benzene ring substituents is 1. The normalized spacial score (nSPS) is 10.5. The van der Waals surface area contributed by atoms with E-state index in [4.69, 9.17) is 9.47 Å². The van der Waals surface area contributed by atoms with Crippen LogP contribution in [0.4, 0.5) is 11.6 Å². The number of nitrogens with one attached hydrogen (secondary N) is 2. The molecule has 3 rings (SSSR count). The van der Waals surface area contributed by atoms with Crippen molar-refractivity contribution in [2.24, 2.45) is 0 Å². The zero-order valence-electron chi connectivity index (χ0n) is 13.4. The van der Waals surface area contributed by atoms with Gasteiger partial charge in [0.25, 0.3) is 11.6 Å². The van der Waals surface area contributed by atoms with Crippen LogP contribution in [0.5, 0.6) is 11.5 Å². The van der Waals surface area contributed by atoms with Gasteiger partial charge in [0.05, 0.1) is 30.2 Å². The number of carbonyl (C=O) groups excluding carboxylic acids is 1. The highest BCUT2D eigenvalue weighted by Gasteiger charge is 2.14. The first-order valence-corrected chi connectivity index (χ1v) is 7.19. The third-order valence-corrected chi connectivity index (χ3v) is 3.54. The van der Waals surface area contributed by atoms with Crippen LogP contribution < -0.4 is 14.8 Å². The number of H-pyrrole nitrogens is 1. The van der Waals surface area contributed by atoms with Gasteiger partial charge in [-0.2, -0.15) is 0 Å². The van der Waals surface area contributed by atoms with Crippen LogP contribution in [0.2, 0.25) is 0 Å². The van der Waals surface area contributed by atoms with E-state index in [2.05, 4.69) is 15.3 Å². The lowest BCUT2D eigenvalue weighted by Gasteiger charge is -2.06. The van der Waals surface area contributed by atoms with Crippen LogP contribution in [0, 0.1) is 10.1 Å². The van der Waals surface area contributed by atoms with Crippen molar-refractivity contribution in [2.75, 3.05) is 19.5 Å². The predicted molar refractivity (Wildman–Crippen MR) is 90.2 cm³/mol. The quantitative estimate of drug-likeness (QED) is 0.543. The first-order chi connectivity index (χ1) is 12.0. The fourth-order valence-corrected chi connectivity index (χ4v) is 2.34. The molecule has 0 saturated heterocycles. The Bertz CT molecular complexity index is 925. The first-order valence-electron chi connectivity index (χ1n) is 7.19. The molecule has 0 aliphatic carbocycles. The highest BCUT2D eigenvalue weighted by Crippen LogP contribution is 2.31. The van der Waals surface area contributed by atoms with Gasteiger partial charge in [0, 0.05) is 29.8 Å². The molecule has 0 aliphatic heterocycles. The van der Waals surface area contributed by atoms with Gasteiger partial charge in [-0.1, -0.05) is 6.07 Å². The number of hydrogen-bond donors (Lipinski definition) is 2. The molecule has 0 fully saturated rings. The van der Waals surface area contributed by atoms with E-state index in [1.165, 1.54) is 38.5 Å². The van der Waals surface area contributed by atoms with E-state index in [9.17, 15) is 14.9 Å². The van der Waals surface area contributed by atoms with Crippen molar-refractivity contribution in [1.82, 2.24) is 9.97 Å². The van der Waals surface area contributed by atoms with Gasteiger partial charge >= 0.3 is 0 Å². The summed E-state index contributed by atoms with van der Waals surface area (Å²) in [4.78, 5) is 29.7. The Labute approximate surface area is 141 Å². The Hall–Kier alpha value is -3.62. The number of anilines is 1. The summed E-state index contributed by atoms with van der Waals surface area (Å²) in [6, 6.07) is 8.82. The molecule has 1 amide bonds. The molecule has 0 spiro atoms. The van der Waals surface area contributed by atoms with Crippen LogP contribution in [0.1, 0.15) is 10.4 Å². The number of aromatic nitrogens is 2. The molecule has 0 aliphatic rings. The molecule has 9 nitrogen and oxygen atoms in total. The minimum atomic E-state index is -0.559. The Morgan fingerprint density at radius 1 is 1.20 bits per heavy atom. The molecule has 0 unspecified atom stereocenters. The van der Waals surface area contributed by atoms with Crippen molar-refractivity contribution >= 4 is 28.6 Å². The SMILES string of the molecule is COc1cc2nc(NC(=O)c3cccc([N+](=O)[O-])c3)[nH]c2cc1OC. The van der Waals surface area contributed by atoms with Crippen LogP contribution in [-0.2, 0) is 0 Å². The zero-order valence-corrected chi connectivity index (χ0v) is 13.4. The van der Waals surface area contributed by atoms with Gasteiger partial charge in [-0.15, -0.1) is 0 Å². The van der Waals surface area contributed by atoms with Crippen molar-refractivity contribution in [3.05, 3.63) is 52.1 Å². The lowest BCUT2D eigenvalue weighted by Crippen LogP contribution is -2.13. The van der Waals surface area contributed by atoms with E-state index >= 15 is 0 Å². The number of benzene rings is 2. The Kier molecular flexibility index (Phi) is 4.21. The number of methoxy groups -OCH3 is 2. The smallest absolute Gasteiger partial charge is 0.270 e. The number of nitro groups is 1. The molecule has 2 N–H and O–H groups in total. The first kappa shape index (κ1) is 16.2. The number of non-ortho nitro benzene ring substituents is 1. The maximum Gasteiger partial charge on any atom is 0.270 e. The molecular weight excluding hydrogens is 328 g/mol. The number of carbonyl (C=O) groups is 1. The average Bonchev–Trinajstić information content (AvgIpc) is 3.01. The monoisotopic (exact) mass is 342 g/mol. The van der Waals surface area contributed by atoms with Crippen LogP contribution in [0.3, 0.4) is 0 Å². The third-order valence-electron chi connectivity index (χ3n) is 3.54. The predicted octanol–water partition coefficient (Wildman–Crippen LogP) is 2.74. The number of ether oxygens (including phenoxy) is 2. The average molecular weight is 342 g/mol. The number of fused-ring (bicyclic) bond motifs is 1. The number of aromatic amines is 1. The molecule has 0 radical (unpaired) electrons. The van der Waals surface area contributed by atoms with Crippen molar-refractivity contribution in [3.63, 3.8) is 0 Å². The lowest BCUT2D eigenvalue weighted by atomic mass is 10.2. The minimum Gasteiger partial charge on any atom is -0.493 e. The third kappa shape index (κ3) is 3.20. The van der Waals surface area contributed by atoms with Crippen LogP contribution in [0.15, 0.2) is 36.4 Å². The summed E-state index contributed by atoms with van der Waals surface area (Å²) in [7, 11) is 3.03. The molecule has 0 saturated carbocycles. The second-order valence-corrected chi connectivity index (χ2v) is 5.07. The molecule has 3 aromatic rings. The number of amides is 1. The van der Waals surface area contributed by atoms with E-state index in [1.54, 1.807) is 12.1 Å². The summed E-state index contributed by atoms with van der Waals surface area (Å²) in [6.07, 6.45) is 0. The molecule has 1 heterocycles. The summed E-state index contributed by atoms with van der Waals surface area (Å²) in [5.74, 6) is 0.733. The molecule has 0 atom stereocenters. The summed E-state index contributed by atoms with van der Waals surface area (Å²) in [5.41, 5.74) is 1.22. The van der Waals surface area contributed by atoms with Crippen molar-refractivity contribution in [1.29, 1.82) is 0 Å². The van der Waals surface area contributed by atoms with Gasteiger partial charge in [-0.3, -0.25) is 20.2 Å². The van der Waals surface area contributed by atoms with Gasteiger partial charge in [0.1, 0.15) is 0 Å². The summed E-state index contributed by atoms with van der Waals surface area (Å²) >= 11 is 0. The Morgan fingerprint density at radius 2 is 1.92 bits per heavy atom. The molecule has 128 valence electrons. The Morgan fingerprint density at radius 3 is 2.60 bits per heavy atom. The largest absolute Gasteiger partial charge is 0.493 e. The molecule has 2 aromatic carbocycles. The van der Waals surface area contributed by atoms with Gasteiger partial charge in [0.2, 0.25) is 5.95 Å². The maximum absolute atomic E-state index is 12.3. The second kappa shape index (κ2) is 6.48. The van der Waals surface area contributed by atoms with E-state index in [0.717, 1.165) is 0 Å². The number of hydrogen-bond acceptors (Lipinski definition) is 6.